The molecule has 1 N–H and O–H groups in total. The Morgan fingerprint density at radius 1 is 1.00 bits per heavy atom. The number of methoxy groups -OCH3 is 2. The summed E-state index contributed by atoms with van der Waals surface area (Å²) in [6.45, 7) is 0.735. The zero-order chi connectivity index (χ0) is 12.8. The van der Waals surface area contributed by atoms with Crippen LogP contribution in [0.5, 0.6) is 11.5 Å². The molecule has 0 unspecified atom stereocenters. The van der Waals surface area contributed by atoms with Gasteiger partial charge in [0.25, 0.3) is 0 Å². The van der Waals surface area contributed by atoms with E-state index >= 15 is 0 Å². The lowest BCUT2D eigenvalue weighted by Crippen LogP contribution is -2.00. The molecule has 0 radical (unpaired) electrons. The van der Waals surface area contributed by atoms with Crippen LogP contribution in [0.4, 0.5) is 5.69 Å². The Morgan fingerprint density at radius 3 is 2.17 bits per heavy atom. The second-order valence-corrected chi connectivity index (χ2v) is 3.81. The molecule has 0 fully saturated rings. The quantitative estimate of drug-likeness (QED) is 0.878. The van der Waals surface area contributed by atoms with Crippen molar-refractivity contribution >= 4 is 5.69 Å². The number of nitrogens with one attached hydrogen (secondary N) is 1. The molecule has 0 amide bonds. The molecule has 2 aromatic rings. The van der Waals surface area contributed by atoms with Crippen molar-refractivity contribution in [1.82, 2.24) is 4.98 Å². The molecule has 0 aliphatic heterocycles. The number of aromatic nitrogens is 1. The van der Waals surface area contributed by atoms with Crippen molar-refractivity contribution in [2.75, 3.05) is 19.5 Å². The van der Waals surface area contributed by atoms with Gasteiger partial charge >= 0.3 is 0 Å². The van der Waals surface area contributed by atoms with Crippen molar-refractivity contribution in [3.8, 4) is 11.5 Å². The van der Waals surface area contributed by atoms with Gasteiger partial charge in [-0.1, -0.05) is 0 Å². The molecule has 2 rings (SSSR count). The van der Waals surface area contributed by atoms with Crippen LogP contribution in [0.3, 0.4) is 0 Å². The van der Waals surface area contributed by atoms with E-state index in [9.17, 15) is 0 Å². The predicted octanol–water partition coefficient (Wildman–Crippen LogP) is 2.71. The van der Waals surface area contributed by atoms with Gasteiger partial charge in [-0.05, 0) is 17.7 Å². The maximum Gasteiger partial charge on any atom is 0.124 e. The molecule has 94 valence electrons. The van der Waals surface area contributed by atoms with Crippen LogP contribution in [-0.2, 0) is 6.54 Å². The lowest BCUT2D eigenvalue weighted by molar-refractivity contribution is 0.394. The zero-order valence-electron chi connectivity index (χ0n) is 10.5. The third kappa shape index (κ3) is 3.13. The molecule has 0 atom stereocenters. The number of nitrogens with zero attached hydrogens (tertiary/aromatic N) is 1. The third-order valence-corrected chi connectivity index (χ3v) is 2.60. The molecular formula is C14H16N2O2. The van der Waals surface area contributed by atoms with E-state index in [1.54, 1.807) is 26.6 Å². The van der Waals surface area contributed by atoms with Crippen LogP contribution in [0.15, 0.2) is 42.7 Å². The summed E-state index contributed by atoms with van der Waals surface area (Å²) in [5, 5.41) is 3.32. The van der Waals surface area contributed by atoms with E-state index in [0.717, 1.165) is 23.7 Å². The number of ether oxygens (including phenoxy) is 2. The summed E-state index contributed by atoms with van der Waals surface area (Å²) >= 11 is 0. The van der Waals surface area contributed by atoms with Crippen molar-refractivity contribution < 1.29 is 9.47 Å². The molecule has 4 nitrogen and oxygen atoms in total. The lowest BCUT2D eigenvalue weighted by atomic mass is 10.2. The smallest absolute Gasteiger partial charge is 0.124 e. The highest BCUT2D eigenvalue weighted by Crippen LogP contribution is 2.25. The van der Waals surface area contributed by atoms with E-state index in [-0.39, 0.29) is 0 Å². The highest BCUT2D eigenvalue weighted by atomic mass is 16.5. The Hall–Kier alpha value is -2.23. The van der Waals surface area contributed by atoms with Crippen molar-refractivity contribution in [3.05, 3.63) is 48.3 Å². The number of hydrogen-bond donors (Lipinski definition) is 1. The van der Waals surface area contributed by atoms with Crippen LogP contribution in [0.2, 0.25) is 0 Å². The van der Waals surface area contributed by atoms with Gasteiger partial charge in [0, 0.05) is 42.8 Å². The van der Waals surface area contributed by atoms with Crippen LogP contribution in [0.25, 0.3) is 0 Å². The number of anilines is 1. The SMILES string of the molecule is COc1cc(NCc2ccncc2)cc(OC)c1. The van der Waals surface area contributed by atoms with Gasteiger partial charge in [-0.2, -0.15) is 0 Å². The molecule has 18 heavy (non-hydrogen) atoms. The highest BCUT2D eigenvalue weighted by molar-refractivity contribution is 5.53. The molecule has 0 aliphatic rings. The Morgan fingerprint density at radius 2 is 1.61 bits per heavy atom. The Bertz CT molecular complexity index is 478. The van der Waals surface area contributed by atoms with E-state index < -0.39 is 0 Å². The van der Waals surface area contributed by atoms with E-state index in [4.69, 9.17) is 9.47 Å². The van der Waals surface area contributed by atoms with Crippen molar-refractivity contribution in [1.29, 1.82) is 0 Å². The number of rotatable bonds is 5. The van der Waals surface area contributed by atoms with Gasteiger partial charge in [-0.25, -0.2) is 0 Å². The second kappa shape index (κ2) is 5.91. The van der Waals surface area contributed by atoms with Crippen molar-refractivity contribution in [2.45, 2.75) is 6.54 Å². The first-order valence-corrected chi connectivity index (χ1v) is 5.67. The van der Waals surface area contributed by atoms with Gasteiger partial charge in [0.15, 0.2) is 0 Å². The first-order chi connectivity index (χ1) is 8.81. The van der Waals surface area contributed by atoms with Crippen LogP contribution in [-0.4, -0.2) is 19.2 Å². The molecule has 1 aromatic heterocycles. The van der Waals surface area contributed by atoms with Crippen molar-refractivity contribution in [2.24, 2.45) is 0 Å². The summed E-state index contributed by atoms with van der Waals surface area (Å²) in [7, 11) is 3.28. The monoisotopic (exact) mass is 244 g/mol. The standard InChI is InChI=1S/C14H16N2O2/c1-17-13-7-12(8-14(9-13)18-2)16-10-11-3-5-15-6-4-11/h3-9,16H,10H2,1-2H3. The molecule has 0 spiro atoms. The molecule has 0 aliphatic carbocycles. The lowest BCUT2D eigenvalue weighted by Gasteiger charge is -2.10. The maximum atomic E-state index is 5.22. The normalized spacial score (nSPS) is 9.89. The number of hydrogen-bond acceptors (Lipinski definition) is 4. The summed E-state index contributed by atoms with van der Waals surface area (Å²) in [6, 6.07) is 9.67. The average Bonchev–Trinajstić information content (AvgIpc) is 2.45. The topological polar surface area (TPSA) is 43.4 Å². The van der Waals surface area contributed by atoms with Gasteiger partial charge in [-0.15, -0.1) is 0 Å². The maximum absolute atomic E-state index is 5.22. The minimum atomic E-state index is 0.735. The first-order valence-electron chi connectivity index (χ1n) is 5.67. The zero-order valence-corrected chi connectivity index (χ0v) is 10.5. The summed E-state index contributed by atoms with van der Waals surface area (Å²) < 4.78 is 10.4. The summed E-state index contributed by atoms with van der Waals surface area (Å²) in [5.41, 5.74) is 2.13. The van der Waals surface area contributed by atoms with Gasteiger partial charge in [-0.3, -0.25) is 4.98 Å². The fourth-order valence-corrected chi connectivity index (χ4v) is 1.61. The first kappa shape index (κ1) is 12.2. The fourth-order valence-electron chi connectivity index (χ4n) is 1.61. The van der Waals surface area contributed by atoms with Gasteiger partial charge in [0.2, 0.25) is 0 Å². The van der Waals surface area contributed by atoms with Crippen LogP contribution >= 0.6 is 0 Å². The Kier molecular flexibility index (Phi) is 4.02. The van der Waals surface area contributed by atoms with E-state index in [1.807, 2.05) is 30.3 Å². The third-order valence-electron chi connectivity index (χ3n) is 2.60. The van der Waals surface area contributed by atoms with Gasteiger partial charge < -0.3 is 14.8 Å². The van der Waals surface area contributed by atoms with E-state index in [0.29, 0.717) is 0 Å². The van der Waals surface area contributed by atoms with Crippen LogP contribution < -0.4 is 14.8 Å². The Balaban J connectivity index is 2.09. The second-order valence-electron chi connectivity index (χ2n) is 3.81. The fraction of sp³-hybridized carbons (Fsp3) is 0.214. The van der Waals surface area contributed by atoms with Gasteiger partial charge in [0.05, 0.1) is 14.2 Å². The largest absolute Gasteiger partial charge is 0.497 e. The molecule has 0 saturated carbocycles. The minimum Gasteiger partial charge on any atom is -0.497 e. The van der Waals surface area contributed by atoms with Gasteiger partial charge in [0.1, 0.15) is 11.5 Å². The summed E-state index contributed by atoms with van der Waals surface area (Å²) in [5.74, 6) is 1.54. The highest BCUT2D eigenvalue weighted by Gasteiger charge is 2.01. The molecule has 4 heteroatoms. The molecule has 0 bridgehead atoms. The molecule has 0 saturated heterocycles. The van der Waals surface area contributed by atoms with E-state index in [1.165, 1.54) is 5.56 Å². The summed E-state index contributed by atoms with van der Waals surface area (Å²) in [6.07, 6.45) is 3.56. The molecule has 1 heterocycles. The minimum absolute atomic E-state index is 0.735. The van der Waals surface area contributed by atoms with E-state index in [2.05, 4.69) is 10.3 Å². The molecule has 1 aromatic carbocycles. The predicted molar refractivity (Wildman–Crippen MR) is 71.1 cm³/mol. The van der Waals surface area contributed by atoms with Crippen molar-refractivity contribution in [3.63, 3.8) is 0 Å². The van der Waals surface area contributed by atoms with Crippen LogP contribution in [0.1, 0.15) is 5.56 Å². The number of pyridine rings is 1. The summed E-state index contributed by atoms with van der Waals surface area (Å²) in [4.78, 5) is 3.99. The Labute approximate surface area is 107 Å². The van der Waals surface area contributed by atoms with Crippen LogP contribution in [0, 0.1) is 0 Å². The molecular weight excluding hydrogens is 228 g/mol. The average molecular weight is 244 g/mol. The number of benzene rings is 1.